The Morgan fingerprint density at radius 2 is 1.35 bits per heavy atom. The van der Waals surface area contributed by atoms with Gasteiger partial charge in [-0.05, 0) is 45.8 Å². The summed E-state index contributed by atoms with van der Waals surface area (Å²) in [4.78, 5) is 4.77. The van der Waals surface area contributed by atoms with Crippen LogP contribution in [0.1, 0.15) is 5.56 Å². The van der Waals surface area contributed by atoms with Crippen molar-refractivity contribution < 1.29 is 4.57 Å². The molecule has 4 aromatic carbocycles. The Bertz CT molecular complexity index is 1300. The van der Waals surface area contributed by atoms with Crippen molar-refractivity contribution in [1.29, 1.82) is 0 Å². The molecule has 0 spiro atoms. The minimum atomic E-state index is 1.06. The molecule has 0 aliphatic rings. The number of aromatic nitrogens is 2. The van der Waals surface area contributed by atoms with E-state index in [4.69, 9.17) is 4.98 Å². The first-order chi connectivity index (χ1) is 12.7. The van der Waals surface area contributed by atoms with E-state index in [1.807, 2.05) is 6.33 Å². The van der Waals surface area contributed by atoms with Crippen LogP contribution in [0.25, 0.3) is 43.7 Å². The molecule has 0 fully saturated rings. The van der Waals surface area contributed by atoms with Crippen molar-refractivity contribution in [3.63, 3.8) is 0 Å². The van der Waals surface area contributed by atoms with Gasteiger partial charge in [0, 0.05) is 10.9 Å². The van der Waals surface area contributed by atoms with E-state index in [0.29, 0.717) is 0 Å². The van der Waals surface area contributed by atoms with E-state index >= 15 is 0 Å². The summed E-state index contributed by atoms with van der Waals surface area (Å²) < 4.78 is 2.14. The van der Waals surface area contributed by atoms with Gasteiger partial charge in [0.1, 0.15) is 5.69 Å². The van der Waals surface area contributed by atoms with Crippen molar-refractivity contribution in [2.24, 2.45) is 7.05 Å². The third kappa shape index (κ3) is 2.12. The molecule has 2 nitrogen and oxygen atoms in total. The van der Waals surface area contributed by atoms with Gasteiger partial charge in [-0.3, -0.25) is 0 Å². The molecule has 1 heterocycles. The molecular weight excluding hydrogens is 316 g/mol. The fourth-order valence-corrected chi connectivity index (χ4v) is 3.98. The molecule has 0 N–H and O–H groups in total. The molecule has 0 saturated carbocycles. The molecule has 124 valence electrons. The summed E-state index contributed by atoms with van der Waals surface area (Å²) >= 11 is 0. The lowest BCUT2D eigenvalue weighted by Crippen LogP contribution is -2.32. The number of benzene rings is 4. The average molecular weight is 335 g/mol. The Balaban J connectivity index is 1.99. The van der Waals surface area contributed by atoms with Crippen LogP contribution in [0.2, 0.25) is 0 Å². The number of nitrogens with zero attached hydrogens (tertiary/aromatic N) is 2. The topological polar surface area (TPSA) is 16.8 Å². The van der Waals surface area contributed by atoms with Crippen molar-refractivity contribution >= 4 is 32.4 Å². The lowest BCUT2D eigenvalue weighted by atomic mass is 9.94. The van der Waals surface area contributed by atoms with Gasteiger partial charge >= 0.3 is 0 Å². The van der Waals surface area contributed by atoms with E-state index < -0.39 is 0 Å². The molecule has 0 aliphatic carbocycles. The molecule has 0 unspecified atom stereocenters. The van der Waals surface area contributed by atoms with E-state index in [0.717, 1.165) is 5.52 Å². The molecule has 1 aromatic heterocycles. The van der Waals surface area contributed by atoms with Gasteiger partial charge < -0.3 is 0 Å². The Kier molecular flexibility index (Phi) is 3.26. The largest absolute Gasteiger partial charge is 0.287 e. The maximum atomic E-state index is 4.77. The fourth-order valence-electron chi connectivity index (χ4n) is 3.98. The Hall–Kier alpha value is -3.26. The summed E-state index contributed by atoms with van der Waals surface area (Å²) in [5.41, 5.74) is 4.84. The maximum absolute atomic E-state index is 4.77. The monoisotopic (exact) mass is 335 g/mol. The highest BCUT2D eigenvalue weighted by atomic mass is 15.0. The summed E-state index contributed by atoms with van der Waals surface area (Å²) in [6.45, 7) is 2.19. The molecule has 0 bridgehead atoms. The molecule has 0 saturated heterocycles. The first-order valence-corrected chi connectivity index (χ1v) is 8.89. The molecular formula is C24H19N2+. The second kappa shape index (κ2) is 5.63. The van der Waals surface area contributed by atoms with Crippen LogP contribution in [-0.2, 0) is 7.05 Å². The third-order valence-corrected chi connectivity index (χ3v) is 5.24. The van der Waals surface area contributed by atoms with E-state index in [1.165, 1.54) is 43.8 Å². The minimum absolute atomic E-state index is 1.06. The average Bonchev–Trinajstić information content (AvgIpc) is 2.68. The van der Waals surface area contributed by atoms with Crippen LogP contribution in [0.5, 0.6) is 0 Å². The quantitative estimate of drug-likeness (QED) is 0.298. The van der Waals surface area contributed by atoms with Crippen molar-refractivity contribution in [3.05, 3.63) is 84.7 Å². The van der Waals surface area contributed by atoms with E-state index in [9.17, 15) is 0 Å². The zero-order valence-electron chi connectivity index (χ0n) is 14.9. The van der Waals surface area contributed by atoms with Crippen molar-refractivity contribution in [1.82, 2.24) is 4.98 Å². The first-order valence-electron chi connectivity index (χ1n) is 8.89. The lowest BCUT2D eigenvalue weighted by molar-refractivity contribution is -0.662. The molecule has 26 heavy (non-hydrogen) atoms. The molecule has 5 rings (SSSR count). The van der Waals surface area contributed by atoms with Gasteiger partial charge in [-0.1, -0.05) is 60.7 Å². The minimum Gasteiger partial charge on any atom is -0.232 e. The van der Waals surface area contributed by atoms with Crippen molar-refractivity contribution in [2.75, 3.05) is 0 Å². The highest BCUT2D eigenvalue weighted by Crippen LogP contribution is 2.35. The zero-order chi connectivity index (χ0) is 17.7. The van der Waals surface area contributed by atoms with Gasteiger partial charge in [-0.2, -0.15) is 0 Å². The summed E-state index contributed by atoms with van der Waals surface area (Å²) in [5, 5.41) is 6.16. The summed E-state index contributed by atoms with van der Waals surface area (Å²) in [5.74, 6) is 0. The van der Waals surface area contributed by atoms with Gasteiger partial charge in [0.15, 0.2) is 5.52 Å². The van der Waals surface area contributed by atoms with Crippen LogP contribution in [0, 0.1) is 6.92 Å². The van der Waals surface area contributed by atoms with Crippen LogP contribution in [0.15, 0.2) is 79.1 Å². The number of fused-ring (bicyclic) bond motifs is 4. The van der Waals surface area contributed by atoms with Crippen LogP contribution in [-0.4, -0.2) is 4.98 Å². The molecule has 0 aliphatic heterocycles. The van der Waals surface area contributed by atoms with E-state index in [-0.39, 0.29) is 0 Å². The van der Waals surface area contributed by atoms with Crippen LogP contribution in [0.4, 0.5) is 0 Å². The van der Waals surface area contributed by atoms with Gasteiger partial charge in [0.2, 0.25) is 0 Å². The third-order valence-electron chi connectivity index (χ3n) is 5.24. The summed E-state index contributed by atoms with van der Waals surface area (Å²) in [7, 11) is 2.08. The SMILES string of the molecule is Cc1ccc2ccccc2c1-c1c2ccc3ccccc3c2nc[n+]1C. The lowest BCUT2D eigenvalue weighted by Gasteiger charge is -2.13. The van der Waals surface area contributed by atoms with Crippen molar-refractivity contribution in [2.45, 2.75) is 6.92 Å². The molecule has 0 amide bonds. The standard InChI is InChI=1S/C24H19N2/c1-16-11-12-17-7-3-5-9-19(17)22(16)24-21-14-13-18-8-4-6-10-20(18)23(21)25-15-26(24)2/h3-15H,1-2H3/q+1. The Morgan fingerprint density at radius 3 is 2.15 bits per heavy atom. The van der Waals surface area contributed by atoms with E-state index in [2.05, 4.69) is 91.3 Å². The van der Waals surface area contributed by atoms with Gasteiger partial charge in [0.25, 0.3) is 6.33 Å². The van der Waals surface area contributed by atoms with Crippen LogP contribution >= 0.6 is 0 Å². The predicted octanol–water partition coefficient (Wildman–Crippen LogP) is 5.34. The molecule has 5 aromatic rings. The maximum Gasteiger partial charge on any atom is 0.287 e. The van der Waals surface area contributed by atoms with Crippen LogP contribution in [0.3, 0.4) is 0 Å². The summed E-state index contributed by atoms with van der Waals surface area (Å²) in [6, 6.07) is 25.9. The predicted molar refractivity (Wildman–Crippen MR) is 108 cm³/mol. The zero-order valence-corrected chi connectivity index (χ0v) is 14.9. The molecule has 0 radical (unpaired) electrons. The number of hydrogen-bond acceptors (Lipinski definition) is 1. The van der Waals surface area contributed by atoms with Crippen LogP contribution < -0.4 is 4.57 Å². The molecule has 0 atom stereocenters. The Labute approximate surface area is 152 Å². The number of aryl methyl sites for hydroxylation is 2. The number of hydrogen-bond donors (Lipinski definition) is 0. The normalized spacial score (nSPS) is 11.5. The smallest absolute Gasteiger partial charge is 0.232 e. The second-order valence-electron chi connectivity index (χ2n) is 6.87. The number of rotatable bonds is 1. The summed E-state index contributed by atoms with van der Waals surface area (Å²) in [6.07, 6.45) is 1.94. The van der Waals surface area contributed by atoms with Gasteiger partial charge in [0.05, 0.1) is 12.4 Å². The first kappa shape index (κ1) is 15.0. The Morgan fingerprint density at radius 1 is 0.692 bits per heavy atom. The highest BCUT2D eigenvalue weighted by Gasteiger charge is 2.20. The van der Waals surface area contributed by atoms with E-state index in [1.54, 1.807) is 0 Å². The second-order valence-corrected chi connectivity index (χ2v) is 6.87. The molecule has 2 heteroatoms. The fraction of sp³-hybridized carbons (Fsp3) is 0.0833. The van der Waals surface area contributed by atoms with Gasteiger partial charge in [-0.25, -0.2) is 4.57 Å². The highest BCUT2D eigenvalue weighted by molar-refractivity contribution is 6.11. The van der Waals surface area contributed by atoms with Crippen molar-refractivity contribution in [3.8, 4) is 11.3 Å². The van der Waals surface area contributed by atoms with Gasteiger partial charge in [-0.15, -0.1) is 0 Å².